The Morgan fingerprint density at radius 1 is 1.32 bits per heavy atom. The fraction of sp³-hybridized carbons (Fsp3) is 0.562. The fourth-order valence-electron chi connectivity index (χ4n) is 2.16. The van der Waals surface area contributed by atoms with Gasteiger partial charge in [0, 0.05) is 19.6 Å². The van der Waals surface area contributed by atoms with Crippen molar-refractivity contribution in [3.05, 3.63) is 34.9 Å². The van der Waals surface area contributed by atoms with Gasteiger partial charge >= 0.3 is 0 Å². The summed E-state index contributed by atoms with van der Waals surface area (Å²) in [5.74, 6) is 0.0631. The molecule has 0 aliphatic carbocycles. The van der Waals surface area contributed by atoms with E-state index in [1.165, 1.54) is 16.7 Å². The second-order valence-electron chi connectivity index (χ2n) is 5.93. The summed E-state index contributed by atoms with van der Waals surface area (Å²) in [4.78, 5) is 11.8. The van der Waals surface area contributed by atoms with Crippen LogP contribution in [0.25, 0.3) is 0 Å². The van der Waals surface area contributed by atoms with Gasteiger partial charge in [-0.15, -0.1) is 0 Å². The molecule has 0 saturated carbocycles. The van der Waals surface area contributed by atoms with Crippen LogP contribution in [0.4, 0.5) is 0 Å². The third kappa shape index (κ3) is 4.06. The van der Waals surface area contributed by atoms with E-state index in [0.29, 0.717) is 6.54 Å². The molecule has 0 saturated heterocycles. The summed E-state index contributed by atoms with van der Waals surface area (Å²) in [6.07, 6.45) is 0. The van der Waals surface area contributed by atoms with Crippen LogP contribution < -0.4 is 10.6 Å². The Balaban J connectivity index is 2.73. The minimum atomic E-state index is -0.402. The molecule has 3 heteroatoms. The maximum absolute atomic E-state index is 11.8. The number of amides is 1. The number of hydrogen-bond donors (Lipinski definition) is 2. The fourth-order valence-corrected chi connectivity index (χ4v) is 2.16. The Morgan fingerprint density at radius 2 is 1.95 bits per heavy atom. The molecule has 1 atom stereocenters. The molecule has 1 rings (SSSR count). The molecule has 1 unspecified atom stereocenters. The molecule has 2 N–H and O–H groups in total. The van der Waals surface area contributed by atoms with Gasteiger partial charge < -0.3 is 10.6 Å². The lowest BCUT2D eigenvalue weighted by atomic mass is 9.91. The van der Waals surface area contributed by atoms with E-state index in [2.05, 4.69) is 49.6 Å². The summed E-state index contributed by atoms with van der Waals surface area (Å²) < 4.78 is 0. The lowest BCUT2D eigenvalue weighted by molar-refractivity contribution is -0.128. The maximum atomic E-state index is 11.8. The van der Waals surface area contributed by atoms with Crippen molar-refractivity contribution in [2.24, 2.45) is 5.41 Å². The van der Waals surface area contributed by atoms with Crippen LogP contribution in [-0.2, 0) is 4.79 Å². The first-order valence-electron chi connectivity index (χ1n) is 6.80. The standard InChI is InChI=1S/C16H26N2O/c1-11-7-8-12(2)14(9-11)13(3)18-10-16(4,5)15(19)17-6/h7-9,13,18H,10H2,1-6H3,(H,17,19). The minimum absolute atomic E-state index is 0.0631. The lowest BCUT2D eigenvalue weighted by Gasteiger charge is -2.26. The highest BCUT2D eigenvalue weighted by atomic mass is 16.2. The molecule has 0 aliphatic heterocycles. The van der Waals surface area contributed by atoms with Crippen molar-refractivity contribution in [3.8, 4) is 0 Å². The second-order valence-corrected chi connectivity index (χ2v) is 5.93. The van der Waals surface area contributed by atoms with Crippen LogP contribution in [0.2, 0.25) is 0 Å². The Hall–Kier alpha value is -1.35. The van der Waals surface area contributed by atoms with Gasteiger partial charge in [0.25, 0.3) is 0 Å². The lowest BCUT2D eigenvalue weighted by Crippen LogP contribution is -2.42. The van der Waals surface area contributed by atoms with Gasteiger partial charge in [-0.3, -0.25) is 4.79 Å². The van der Waals surface area contributed by atoms with E-state index in [-0.39, 0.29) is 11.9 Å². The molecule has 3 nitrogen and oxygen atoms in total. The molecule has 0 spiro atoms. The Labute approximate surface area is 116 Å². The molecular formula is C16H26N2O. The smallest absolute Gasteiger partial charge is 0.226 e. The van der Waals surface area contributed by atoms with Crippen LogP contribution in [0, 0.1) is 19.3 Å². The van der Waals surface area contributed by atoms with Gasteiger partial charge in [-0.05, 0) is 45.7 Å². The zero-order valence-electron chi connectivity index (χ0n) is 12.9. The summed E-state index contributed by atoms with van der Waals surface area (Å²) >= 11 is 0. The Bertz CT molecular complexity index is 452. The molecule has 0 fully saturated rings. The van der Waals surface area contributed by atoms with E-state index in [0.717, 1.165) is 0 Å². The van der Waals surface area contributed by atoms with E-state index in [9.17, 15) is 4.79 Å². The first kappa shape index (κ1) is 15.7. The van der Waals surface area contributed by atoms with Crippen LogP contribution in [0.5, 0.6) is 0 Å². The number of rotatable bonds is 5. The molecule has 19 heavy (non-hydrogen) atoms. The molecule has 0 bridgehead atoms. The van der Waals surface area contributed by atoms with Crippen molar-refractivity contribution in [2.45, 2.75) is 40.7 Å². The van der Waals surface area contributed by atoms with Crippen LogP contribution >= 0.6 is 0 Å². The SMILES string of the molecule is CNC(=O)C(C)(C)CNC(C)c1cc(C)ccc1C. The van der Waals surface area contributed by atoms with E-state index < -0.39 is 5.41 Å². The number of carbonyl (C=O) groups excluding carboxylic acids is 1. The predicted molar refractivity (Wildman–Crippen MR) is 80.2 cm³/mol. The van der Waals surface area contributed by atoms with Gasteiger partial charge in [0.1, 0.15) is 0 Å². The summed E-state index contributed by atoms with van der Waals surface area (Å²) in [6.45, 7) is 10.9. The quantitative estimate of drug-likeness (QED) is 0.856. The number of benzene rings is 1. The first-order valence-corrected chi connectivity index (χ1v) is 6.80. The van der Waals surface area contributed by atoms with Crippen LogP contribution in [0.1, 0.15) is 43.5 Å². The molecule has 1 amide bonds. The van der Waals surface area contributed by atoms with Gasteiger partial charge in [-0.1, -0.05) is 23.8 Å². The average Bonchev–Trinajstić information content (AvgIpc) is 2.37. The molecule has 0 aliphatic rings. The van der Waals surface area contributed by atoms with Crippen LogP contribution in [0.3, 0.4) is 0 Å². The third-order valence-corrected chi connectivity index (χ3v) is 3.59. The predicted octanol–water partition coefficient (Wildman–Crippen LogP) is 2.73. The van der Waals surface area contributed by atoms with E-state index >= 15 is 0 Å². The molecule has 0 aromatic heterocycles. The number of hydrogen-bond acceptors (Lipinski definition) is 2. The van der Waals surface area contributed by atoms with Crippen molar-refractivity contribution >= 4 is 5.91 Å². The van der Waals surface area contributed by atoms with Crippen molar-refractivity contribution in [1.29, 1.82) is 0 Å². The minimum Gasteiger partial charge on any atom is -0.359 e. The summed E-state index contributed by atoms with van der Waals surface area (Å²) in [5, 5.41) is 6.17. The van der Waals surface area contributed by atoms with E-state index in [1.54, 1.807) is 7.05 Å². The van der Waals surface area contributed by atoms with Crippen LogP contribution in [-0.4, -0.2) is 19.5 Å². The zero-order chi connectivity index (χ0) is 14.6. The zero-order valence-corrected chi connectivity index (χ0v) is 12.9. The Kier molecular flexibility index (Phi) is 5.12. The highest BCUT2D eigenvalue weighted by Crippen LogP contribution is 2.21. The molecule has 0 radical (unpaired) electrons. The summed E-state index contributed by atoms with van der Waals surface area (Å²) in [7, 11) is 1.68. The highest BCUT2D eigenvalue weighted by molar-refractivity contribution is 5.81. The number of nitrogens with one attached hydrogen (secondary N) is 2. The first-order chi connectivity index (χ1) is 8.77. The highest BCUT2D eigenvalue weighted by Gasteiger charge is 2.26. The second kappa shape index (κ2) is 6.20. The largest absolute Gasteiger partial charge is 0.359 e. The van der Waals surface area contributed by atoms with Crippen molar-refractivity contribution < 1.29 is 4.79 Å². The normalized spacial score (nSPS) is 13.2. The topological polar surface area (TPSA) is 41.1 Å². The maximum Gasteiger partial charge on any atom is 0.226 e. The van der Waals surface area contributed by atoms with Gasteiger partial charge in [0.15, 0.2) is 0 Å². The number of aryl methyl sites for hydroxylation is 2. The van der Waals surface area contributed by atoms with Crippen LogP contribution in [0.15, 0.2) is 18.2 Å². The van der Waals surface area contributed by atoms with Gasteiger partial charge in [-0.25, -0.2) is 0 Å². The Morgan fingerprint density at radius 3 is 2.53 bits per heavy atom. The van der Waals surface area contributed by atoms with Crippen molar-refractivity contribution in [3.63, 3.8) is 0 Å². The average molecular weight is 262 g/mol. The van der Waals surface area contributed by atoms with Gasteiger partial charge in [0.2, 0.25) is 5.91 Å². The molecule has 1 aromatic carbocycles. The molecule has 1 aromatic rings. The van der Waals surface area contributed by atoms with Gasteiger partial charge in [0.05, 0.1) is 5.41 Å². The number of carbonyl (C=O) groups is 1. The van der Waals surface area contributed by atoms with Gasteiger partial charge in [-0.2, -0.15) is 0 Å². The molecule has 0 heterocycles. The third-order valence-electron chi connectivity index (χ3n) is 3.59. The monoisotopic (exact) mass is 262 g/mol. The van der Waals surface area contributed by atoms with E-state index in [1.807, 2.05) is 13.8 Å². The van der Waals surface area contributed by atoms with Crippen molar-refractivity contribution in [1.82, 2.24) is 10.6 Å². The van der Waals surface area contributed by atoms with Crippen molar-refractivity contribution in [2.75, 3.05) is 13.6 Å². The molecule has 106 valence electrons. The van der Waals surface area contributed by atoms with E-state index in [4.69, 9.17) is 0 Å². The summed E-state index contributed by atoms with van der Waals surface area (Å²) in [6, 6.07) is 6.72. The summed E-state index contributed by atoms with van der Waals surface area (Å²) in [5.41, 5.74) is 3.44. The molecular weight excluding hydrogens is 236 g/mol.